The first-order valence-electron chi connectivity index (χ1n) is 13.5. The van der Waals surface area contributed by atoms with E-state index >= 15 is 0 Å². The van der Waals surface area contributed by atoms with Crippen molar-refractivity contribution in [1.82, 2.24) is 0 Å². The second-order valence-corrected chi connectivity index (χ2v) is 33.0. The van der Waals surface area contributed by atoms with Crippen LogP contribution in [-0.2, 0) is 10.8 Å². The third-order valence-corrected chi connectivity index (χ3v) is 27.0. The Morgan fingerprint density at radius 2 is 0.971 bits per heavy atom. The minimum Gasteiger partial charge on any atom is -0.0741 e. The van der Waals surface area contributed by atoms with E-state index in [0.717, 1.165) is 0 Å². The van der Waals surface area contributed by atoms with E-state index in [1.807, 2.05) is 0 Å². The molecule has 0 aromatic heterocycles. The first-order valence-corrected chi connectivity index (χ1v) is 22.1. The molecule has 0 unspecified atom stereocenters. The summed E-state index contributed by atoms with van der Waals surface area (Å²) in [5.41, 5.74) is 7.91. The lowest BCUT2D eigenvalue weighted by Gasteiger charge is -2.58. The van der Waals surface area contributed by atoms with Gasteiger partial charge in [0.15, 0.2) is 0 Å². The summed E-state index contributed by atoms with van der Waals surface area (Å²) in [6, 6.07) is 7.53. The highest BCUT2D eigenvalue weighted by molar-refractivity contribution is 7.12. The zero-order valence-corrected chi connectivity index (χ0v) is 29.5. The maximum atomic E-state index is 2.84. The average Bonchev–Trinajstić information content (AvgIpc) is 2.52. The lowest BCUT2D eigenvalue weighted by molar-refractivity contribution is 0.368. The first kappa shape index (κ1) is 31.8. The van der Waals surface area contributed by atoms with E-state index in [9.17, 15) is 0 Å². The van der Waals surface area contributed by atoms with Gasteiger partial charge < -0.3 is 0 Å². The molecule has 0 atom stereocenters. The van der Waals surface area contributed by atoms with Crippen molar-refractivity contribution >= 4 is 30.2 Å². The number of hydrogen-bond donors (Lipinski definition) is 0. The van der Waals surface area contributed by atoms with Gasteiger partial charge in [-0.25, -0.2) is 0 Å². The van der Waals surface area contributed by atoms with E-state index < -0.39 is 24.6 Å². The Kier molecular flexibility index (Phi) is 8.93. The normalized spacial score (nSPS) is 15.6. The monoisotopic (exact) mass is 516 g/mol. The molecule has 34 heavy (non-hydrogen) atoms. The Bertz CT molecular complexity index is 831. The van der Waals surface area contributed by atoms with Crippen LogP contribution >= 0.6 is 0 Å². The summed E-state index contributed by atoms with van der Waals surface area (Å²) in [6.45, 7) is 45.4. The molecule has 3 heteroatoms. The number of hydrogen-bond acceptors (Lipinski definition) is 0. The molecule has 0 aliphatic rings. The fourth-order valence-electron chi connectivity index (χ4n) is 6.10. The van der Waals surface area contributed by atoms with E-state index in [-0.39, 0.29) is 10.8 Å². The van der Waals surface area contributed by atoms with Crippen LogP contribution in [-0.4, -0.2) is 30.2 Å². The van der Waals surface area contributed by atoms with Gasteiger partial charge in [0.25, 0.3) is 0 Å². The van der Waals surface area contributed by atoms with Crippen molar-refractivity contribution in [3.8, 4) is 0 Å². The zero-order chi connectivity index (χ0) is 27.3. The molecule has 0 spiro atoms. The summed E-state index contributed by atoms with van der Waals surface area (Å²) < 4.78 is 0.487. The van der Waals surface area contributed by atoms with Crippen LogP contribution in [0.1, 0.15) is 106 Å². The minimum atomic E-state index is -1.53. The summed E-state index contributed by atoms with van der Waals surface area (Å²) >= 11 is 0. The van der Waals surface area contributed by atoms with E-state index in [0.29, 0.717) is 14.7 Å². The van der Waals surface area contributed by atoms with Gasteiger partial charge in [-0.1, -0.05) is 146 Å². The van der Waals surface area contributed by atoms with Crippen molar-refractivity contribution in [3.63, 3.8) is 0 Å². The molecule has 0 aliphatic heterocycles. The van der Waals surface area contributed by atoms with Crippen LogP contribution in [0.3, 0.4) is 0 Å². The molecule has 0 saturated carbocycles. The van der Waals surface area contributed by atoms with Crippen LogP contribution < -0.4 is 0 Å². The predicted molar refractivity (Wildman–Crippen MR) is 168 cm³/mol. The third-order valence-electron chi connectivity index (χ3n) is 7.62. The van der Waals surface area contributed by atoms with Gasteiger partial charge in [0.05, 0.1) is 0 Å². The molecule has 1 rings (SSSR count). The summed E-state index contributed by atoms with van der Waals surface area (Å²) in [7, 11) is -3.95. The zero-order valence-electron chi connectivity index (χ0n) is 26.5. The van der Waals surface area contributed by atoms with Crippen molar-refractivity contribution < 1.29 is 0 Å². The summed E-state index contributed by atoms with van der Waals surface area (Å²) in [5, 5.41) is 0.302. The highest BCUT2D eigenvalue weighted by atomic mass is 28.4. The van der Waals surface area contributed by atoms with E-state index in [1.165, 1.54) is 23.1 Å². The summed E-state index contributed by atoms with van der Waals surface area (Å²) in [5.74, 6) is 0. The molecule has 0 N–H and O–H groups in total. The third kappa shape index (κ3) is 7.38. The molecule has 0 amide bonds. The molecule has 1 aromatic rings. The molecule has 0 nitrogen and oxygen atoms in total. The van der Waals surface area contributed by atoms with Gasteiger partial charge in [0, 0.05) is 24.6 Å². The molecule has 0 radical (unpaired) electrons. The molecule has 1 aromatic carbocycles. The Labute approximate surface area is 219 Å². The molecular formula is C31H60Si3. The summed E-state index contributed by atoms with van der Waals surface area (Å²) in [6.07, 6.45) is 1.36. The van der Waals surface area contributed by atoms with Gasteiger partial charge >= 0.3 is 0 Å². The standard InChI is InChI=1S/C31H60Si3/c1-27(2,3)23-31(33(13,14)15,34(16,17)18)32(30(10,11)12)22-24-19-25(28(4,5)6)21-26(20-24)29(7,8)9/h19-22H,23H2,1-18H3/b32-22+. The Hall–Kier alpha value is -0.259. The average molecular weight is 517 g/mol. The van der Waals surface area contributed by atoms with Crippen molar-refractivity contribution in [3.05, 3.63) is 34.9 Å². The summed E-state index contributed by atoms with van der Waals surface area (Å²) in [4.78, 5) is 0. The van der Waals surface area contributed by atoms with Crippen LogP contribution in [0.5, 0.6) is 0 Å². The van der Waals surface area contributed by atoms with Crippen LogP contribution in [0.2, 0.25) is 48.6 Å². The van der Waals surface area contributed by atoms with Gasteiger partial charge in [-0.3, -0.25) is 0 Å². The van der Waals surface area contributed by atoms with Crippen LogP contribution in [0.25, 0.3) is 0 Å². The molecular weight excluding hydrogens is 457 g/mol. The SMILES string of the molecule is CC(C)(C)CC(/[Si](=C/c1cc(C(C)(C)C)cc(C(C)(C)C)c1)C(C)(C)C)([Si](C)(C)C)[Si](C)(C)C. The van der Waals surface area contributed by atoms with Crippen molar-refractivity contribution in [2.24, 2.45) is 5.41 Å². The highest BCUT2D eigenvalue weighted by Crippen LogP contribution is 2.58. The van der Waals surface area contributed by atoms with Gasteiger partial charge in [-0.05, 0) is 48.7 Å². The van der Waals surface area contributed by atoms with Gasteiger partial charge in [0.1, 0.15) is 0 Å². The molecule has 0 aliphatic carbocycles. The Morgan fingerprint density at radius 3 is 1.21 bits per heavy atom. The van der Waals surface area contributed by atoms with Gasteiger partial charge in [-0.2, -0.15) is 0 Å². The lowest BCUT2D eigenvalue weighted by Crippen LogP contribution is -2.63. The van der Waals surface area contributed by atoms with Gasteiger partial charge in [-0.15, -0.1) is 0 Å². The number of benzene rings is 1. The lowest BCUT2D eigenvalue weighted by atomic mass is 9.80. The van der Waals surface area contributed by atoms with E-state index in [2.05, 4.69) is 146 Å². The van der Waals surface area contributed by atoms with Crippen LogP contribution in [0.15, 0.2) is 18.2 Å². The van der Waals surface area contributed by atoms with Crippen molar-refractivity contribution in [2.75, 3.05) is 0 Å². The van der Waals surface area contributed by atoms with E-state index in [1.54, 1.807) is 0 Å². The number of rotatable bonds is 5. The fraction of sp³-hybridized carbons (Fsp3) is 0.774. The predicted octanol–water partition coefficient (Wildman–Crippen LogP) is 10.2. The van der Waals surface area contributed by atoms with Crippen LogP contribution in [0, 0.1) is 5.41 Å². The maximum absolute atomic E-state index is 2.84. The second kappa shape index (κ2) is 9.56. The van der Waals surface area contributed by atoms with Crippen LogP contribution in [0.4, 0.5) is 0 Å². The molecule has 196 valence electrons. The second-order valence-electron chi connectivity index (χ2n) is 17.3. The maximum Gasteiger partial charge on any atom is 0.0485 e. The highest BCUT2D eigenvalue weighted by Gasteiger charge is 2.57. The smallest absolute Gasteiger partial charge is 0.0485 e. The molecule has 0 bridgehead atoms. The molecule has 0 fully saturated rings. The first-order chi connectivity index (χ1) is 14.6. The Morgan fingerprint density at radius 1 is 0.618 bits per heavy atom. The molecule has 0 saturated heterocycles. The quantitative estimate of drug-likeness (QED) is 0.341. The van der Waals surface area contributed by atoms with E-state index in [4.69, 9.17) is 0 Å². The fourth-order valence-corrected chi connectivity index (χ4v) is 29.6. The largest absolute Gasteiger partial charge is 0.0741 e. The topological polar surface area (TPSA) is 0 Å². The van der Waals surface area contributed by atoms with Gasteiger partial charge in [0.2, 0.25) is 0 Å². The van der Waals surface area contributed by atoms with Crippen molar-refractivity contribution in [2.45, 2.75) is 149 Å². The van der Waals surface area contributed by atoms with Crippen molar-refractivity contribution in [1.29, 1.82) is 0 Å². The minimum absolute atomic E-state index is 0.151. The molecule has 0 heterocycles. The Balaban J connectivity index is 4.23.